The van der Waals surface area contributed by atoms with E-state index in [-0.39, 0.29) is 100 Å². The third kappa shape index (κ3) is 16.2. The Morgan fingerprint density at radius 1 is 0.835 bits per heavy atom. The van der Waals surface area contributed by atoms with Crippen molar-refractivity contribution in [1.82, 2.24) is 35.3 Å². The van der Waals surface area contributed by atoms with Gasteiger partial charge in [-0.15, -0.1) is 0 Å². The molecular formula is C68H78FN9O18S. The monoisotopic (exact) mass is 1360 g/mol. The summed E-state index contributed by atoms with van der Waals surface area (Å²) in [5.74, 6) is -4.53. The number of alkyl carbamates (subject to hydrolysis) is 1. The third-order valence-electron chi connectivity index (χ3n) is 18.6. The number of pyridine rings is 1. The maximum Gasteiger partial charge on any atom is 0.407 e. The van der Waals surface area contributed by atoms with Gasteiger partial charge in [0.1, 0.15) is 54.7 Å². The Bertz CT molecular complexity index is 3950. The highest BCUT2D eigenvalue weighted by Gasteiger charge is 2.54. The first kappa shape index (κ1) is 69.4. The molecule has 3 aromatic heterocycles. The number of nitrogens with one attached hydrogen (secondary N) is 3. The van der Waals surface area contributed by atoms with Gasteiger partial charge in [-0.3, -0.25) is 34.1 Å². The number of hydrogen-bond donors (Lipinski definition) is 8. The lowest BCUT2D eigenvalue weighted by Crippen LogP contribution is -2.61. The number of imide groups is 1. The van der Waals surface area contributed by atoms with Gasteiger partial charge in [0.15, 0.2) is 16.9 Å². The van der Waals surface area contributed by atoms with Crippen LogP contribution in [-0.4, -0.2) is 181 Å². The summed E-state index contributed by atoms with van der Waals surface area (Å²) in [5.41, 5.74) is 3.49. The van der Waals surface area contributed by atoms with Crippen molar-refractivity contribution in [1.29, 1.82) is 0 Å². The Morgan fingerprint density at radius 3 is 2.41 bits per heavy atom. The third-order valence-corrected chi connectivity index (χ3v) is 19.5. The van der Waals surface area contributed by atoms with Crippen molar-refractivity contribution in [3.8, 4) is 22.6 Å². The number of aromatic nitrogens is 4. The number of carbonyl (C=O) groups excluding carboxylic acids is 5. The van der Waals surface area contributed by atoms with Crippen molar-refractivity contribution in [2.24, 2.45) is 10.8 Å². The summed E-state index contributed by atoms with van der Waals surface area (Å²) in [6, 6.07) is 18.1. The van der Waals surface area contributed by atoms with Gasteiger partial charge in [-0.1, -0.05) is 43.7 Å². The number of nitrogens with zero attached hydrogens (tertiary/aromatic N) is 6. The molecule has 3 aliphatic heterocycles. The van der Waals surface area contributed by atoms with E-state index in [4.69, 9.17) is 33.5 Å². The van der Waals surface area contributed by atoms with Crippen LogP contribution in [0.4, 0.5) is 20.1 Å². The van der Waals surface area contributed by atoms with Gasteiger partial charge < -0.3 is 69.5 Å². The Morgan fingerprint density at radius 2 is 1.63 bits per heavy atom. The number of aliphatic carboxylic acids is 1. The summed E-state index contributed by atoms with van der Waals surface area (Å²) in [6.07, 6.45) is 1.31. The molecule has 8 N–H and O–H groups in total. The predicted molar refractivity (Wildman–Crippen MR) is 347 cm³/mol. The zero-order chi connectivity index (χ0) is 68.8. The molecule has 516 valence electrons. The molecule has 11 rings (SSSR count). The molecule has 2 bridgehead atoms. The SMILES string of the molecule is Cc1c(-c2ccc(N3CCc4c(F)ccc(C(=O)Nc5nc6ccccc6s5)c4C3)nc2C(=O)O)cnn1CCCC1(C)CC2(C)CCCC(OCCNC(=O)OCc3ccc(O[C@@H]4O[C@H](C(=O)O)[C@@H](O)[C@H](O)[C@H]4O)cc3OCCOCCNC(=O)CCN3C(=O)C=CC3=O)(C1)C2. The molecule has 5 amide bonds. The van der Waals surface area contributed by atoms with E-state index in [1.807, 2.05) is 40.8 Å². The molecule has 29 heteroatoms. The van der Waals surface area contributed by atoms with E-state index in [0.717, 1.165) is 84.3 Å². The minimum absolute atomic E-state index is 0.00548. The number of anilines is 2. The Hall–Kier alpha value is -8.97. The minimum Gasteiger partial charge on any atom is -0.491 e. The lowest BCUT2D eigenvalue weighted by atomic mass is 9.52. The number of carboxylic acid groups (broad SMARTS) is 2. The first-order valence-corrected chi connectivity index (χ1v) is 33.1. The number of fused-ring (bicyclic) bond motifs is 4. The standard InChI is InChI=1S/C68H78FN9O18S/c1-39-45(43-13-15-51(74-55(43)61(86)87)76-26-18-42-46(34-76)44(12-14-47(42)69)60(85)75-64-73-48-8-4-5-9-50(48)97-64)33-72-78(39)25-7-21-67(3)36-66(2)20-6-22-68(37-66,38-67)94-29-24-71-65(90)93-35-40-10-11-41(95-63-58(84)56(82)57(83)59(96-63)62(88)89)32-49(40)92-31-30-91-28-23-70-52(79)19-27-77-53(80)16-17-54(77)81/h4-5,8-17,32-33,56-59,63,82-84H,6-7,18-31,34-38H2,1-3H3,(H,70,79)(H,71,90)(H,86,87)(H,88,89)(H,73,75,85)/t56-,57-,58+,59-,63+,66?,67?,68?/m0/s1. The molecule has 0 radical (unpaired) electrons. The highest BCUT2D eigenvalue weighted by Crippen LogP contribution is 2.60. The van der Waals surface area contributed by atoms with E-state index < -0.39 is 83.8 Å². The van der Waals surface area contributed by atoms with E-state index in [2.05, 4.69) is 39.8 Å². The highest BCUT2D eigenvalue weighted by molar-refractivity contribution is 7.22. The lowest BCUT2D eigenvalue weighted by Gasteiger charge is -2.57. The molecule has 27 nitrogen and oxygen atoms in total. The average Bonchev–Trinajstić information content (AvgIpc) is 1.43. The molecule has 1 saturated heterocycles. The maximum absolute atomic E-state index is 15.3. The van der Waals surface area contributed by atoms with Crippen LogP contribution < -0.4 is 30.3 Å². The number of thiazole rings is 1. The Balaban J connectivity index is 0.664. The van der Waals surface area contributed by atoms with Crippen molar-refractivity contribution in [3.05, 3.63) is 125 Å². The normalized spacial score (nSPS) is 23.6. The number of carbonyl (C=O) groups is 7. The van der Waals surface area contributed by atoms with Gasteiger partial charge in [0.25, 0.3) is 17.7 Å². The van der Waals surface area contributed by atoms with Gasteiger partial charge in [-0.25, -0.2) is 28.7 Å². The number of rotatable bonds is 28. The quantitative estimate of drug-likeness (QED) is 0.0193. The van der Waals surface area contributed by atoms with Crippen LogP contribution in [0.3, 0.4) is 0 Å². The number of aliphatic hydroxyl groups excluding tert-OH is 3. The Kier molecular flexibility index (Phi) is 21.3. The van der Waals surface area contributed by atoms with Crippen molar-refractivity contribution < 1.29 is 91.9 Å². The molecule has 2 aliphatic carbocycles. The molecule has 8 atom stereocenters. The second-order valence-electron chi connectivity index (χ2n) is 25.9. The number of carboxylic acids is 2. The van der Waals surface area contributed by atoms with Crippen molar-refractivity contribution >= 4 is 74.2 Å². The predicted octanol–water partition coefficient (Wildman–Crippen LogP) is 6.46. The van der Waals surface area contributed by atoms with Crippen LogP contribution in [0.2, 0.25) is 0 Å². The van der Waals surface area contributed by atoms with Gasteiger partial charge in [-0.2, -0.15) is 5.10 Å². The molecule has 0 spiro atoms. The second kappa shape index (κ2) is 29.8. The fraction of sp³-hybridized carbons (Fsp3) is 0.471. The number of aromatic carboxylic acids is 1. The van der Waals surface area contributed by atoms with E-state index in [9.17, 15) is 59.1 Å². The number of aliphatic hydroxyl groups is 3. The van der Waals surface area contributed by atoms with Crippen LogP contribution in [0.25, 0.3) is 21.3 Å². The highest BCUT2D eigenvalue weighted by atomic mass is 32.1. The maximum atomic E-state index is 15.3. The van der Waals surface area contributed by atoms with E-state index in [1.165, 1.54) is 41.7 Å². The molecule has 97 heavy (non-hydrogen) atoms. The smallest absolute Gasteiger partial charge is 0.407 e. The van der Waals surface area contributed by atoms with Gasteiger partial charge in [0, 0.05) is 91.9 Å². The molecule has 3 aromatic carbocycles. The van der Waals surface area contributed by atoms with Crippen molar-refractivity contribution in [2.75, 3.05) is 62.8 Å². The second-order valence-corrected chi connectivity index (χ2v) is 26.9. The van der Waals surface area contributed by atoms with Crippen LogP contribution in [0.5, 0.6) is 11.5 Å². The average molecular weight is 1360 g/mol. The number of para-hydroxylation sites is 1. The Labute approximate surface area is 560 Å². The molecule has 6 heterocycles. The molecule has 6 aromatic rings. The molecule has 3 unspecified atom stereocenters. The largest absolute Gasteiger partial charge is 0.491 e. The van der Waals surface area contributed by atoms with Crippen LogP contribution in [-0.2, 0) is 64.2 Å². The zero-order valence-electron chi connectivity index (χ0n) is 53.8. The van der Waals surface area contributed by atoms with Gasteiger partial charge in [-0.05, 0) is 129 Å². The fourth-order valence-electron chi connectivity index (χ4n) is 14.3. The van der Waals surface area contributed by atoms with E-state index >= 15 is 4.39 Å². The first-order chi connectivity index (χ1) is 46.5. The topological polar surface area (TPSA) is 362 Å². The fourth-order valence-corrected chi connectivity index (χ4v) is 15.2. The van der Waals surface area contributed by atoms with Crippen LogP contribution in [0.15, 0.2) is 85.1 Å². The summed E-state index contributed by atoms with van der Waals surface area (Å²) >= 11 is 1.34. The first-order valence-electron chi connectivity index (χ1n) is 32.2. The van der Waals surface area contributed by atoms with Crippen LogP contribution in [0, 0.1) is 23.6 Å². The number of amides is 5. The van der Waals surface area contributed by atoms with Crippen LogP contribution in [0.1, 0.15) is 115 Å². The van der Waals surface area contributed by atoms with Crippen molar-refractivity contribution in [2.45, 2.75) is 141 Å². The molecule has 2 saturated carbocycles. The van der Waals surface area contributed by atoms with Crippen LogP contribution >= 0.6 is 11.3 Å². The number of hydrogen-bond acceptors (Lipinski definition) is 21. The number of ether oxygens (including phenoxy) is 6. The van der Waals surface area contributed by atoms with Gasteiger partial charge >= 0.3 is 18.0 Å². The van der Waals surface area contributed by atoms with Gasteiger partial charge in [0.05, 0.1) is 41.8 Å². The zero-order valence-corrected chi connectivity index (χ0v) is 54.6. The summed E-state index contributed by atoms with van der Waals surface area (Å²) in [4.78, 5) is 99.6. The summed E-state index contributed by atoms with van der Waals surface area (Å²) in [5, 5.41) is 64.7. The summed E-state index contributed by atoms with van der Waals surface area (Å²) in [7, 11) is 0. The summed E-state index contributed by atoms with van der Waals surface area (Å²) < 4.78 is 53.2. The van der Waals surface area contributed by atoms with E-state index in [0.29, 0.717) is 57.4 Å². The number of halogens is 1. The molecule has 5 aliphatic rings. The summed E-state index contributed by atoms with van der Waals surface area (Å²) in [6.45, 7) is 7.75. The molecular weight excluding hydrogens is 1280 g/mol. The van der Waals surface area contributed by atoms with E-state index in [1.54, 1.807) is 18.3 Å². The number of aryl methyl sites for hydroxylation is 1. The number of benzene rings is 3. The lowest BCUT2D eigenvalue weighted by molar-refractivity contribution is -0.271. The van der Waals surface area contributed by atoms with Crippen molar-refractivity contribution in [3.63, 3.8) is 0 Å². The molecule has 3 fully saturated rings. The minimum atomic E-state index is -1.94. The van der Waals surface area contributed by atoms with Gasteiger partial charge in [0.2, 0.25) is 12.2 Å².